The number of rotatable bonds is 2. The fraction of sp³-hybridized carbons (Fsp3) is 0.364. The molecule has 0 aliphatic heterocycles. The summed E-state index contributed by atoms with van der Waals surface area (Å²) < 4.78 is 7.13. The molecule has 0 spiro atoms. The second-order valence-corrected chi connectivity index (χ2v) is 4.70. The maximum atomic E-state index is 12.0. The van der Waals surface area contributed by atoms with Crippen molar-refractivity contribution in [2.75, 3.05) is 0 Å². The average Bonchev–Trinajstić information content (AvgIpc) is 2.60. The predicted molar refractivity (Wildman–Crippen MR) is 66.0 cm³/mol. The van der Waals surface area contributed by atoms with Crippen LogP contribution >= 0.6 is 15.9 Å². The molecule has 2 heterocycles. The Hall–Kier alpha value is -1.43. The summed E-state index contributed by atoms with van der Waals surface area (Å²) in [4.78, 5) is 16.1. The van der Waals surface area contributed by atoms with Crippen LogP contribution in [0.4, 0.5) is 0 Å². The highest BCUT2D eigenvalue weighted by Crippen LogP contribution is 2.14. The molecule has 0 atom stereocenters. The summed E-state index contributed by atoms with van der Waals surface area (Å²) >= 11 is 3.19. The number of hydrogen-bond donors (Lipinski definition) is 0. The van der Waals surface area contributed by atoms with E-state index in [0.717, 1.165) is 17.0 Å². The first kappa shape index (κ1) is 12.0. The largest absolute Gasteiger partial charge is 0.361 e. The van der Waals surface area contributed by atoms with Gasteiger partial charge in [-0.1, -0.05) is 5.16 Å². The monoisotopic (exact) mass is 297 g/mol. The Bertz CT molecular complexity index is 596. The molecule has 0 amide bonds. The SMILES string of the molecule is Cc1noc(C)c1Cn1c(C)ncc(Br)c1=O. The quantitative estimate of drug-likeness (QED) is 0.850. The van der Waals surface area contributed by atoms with Gasteiger partial charge in [-0.2, -0.15) is 0 Å². The molecule has 0 unspecified atom stereocenters. The van der Waals surface area contributed by atoms with E-state index in [1.807, 2.05) is 13.8 Å². The van der Waals surface area contributed by atoms with Crippen molar-refractivity contribution in [2.45, 2.75) is 27.3 Å². The Morgan fingerprint density at radius 2 is 2.12 bits per heavy atom. The van der Waals surface area contributed by atoms with Gasteiger partial charge in [-0.25, -0.2) is 4.98 Å². The number of hydrogen-bond acceptors (Lipinski definition) is 4. The van der Waals surface area contributed by atoms with E-state index >= 15 is 0 Å². The van der Waals surface area contributed by atoms with Crippen molar-refractivity contribution in [3.8, 4) is 0 Å². The summed E-state index contributed by atoms with van der Waals surface area (Å²) in [6.07, 6.45) is 1.52. The Balaban J connectivity index is 2.50. The zero-order valence-corrected chi connectivity index (χ0v) is 11.4. The fourth-order valence-electron chi connectivity index (χ4n) is 1.62. The molecule has 0 saturated carbocycles. The molecule has 2 aromatic heterocycles. The lowest BCUT2D eigenvalue weighted by Crippen LogP contribution is -2.24. The van der Waals surface area contributed by atoms with Gasteiger partial charge in [-0.15, -0.1) is 0 Å². The molecule has 90 valence electrons. The van der Waals surface area contributed by atoms with Crippen molar-refractivity contribution < 1.29 is 4.52 Å². The summed E-state index contributed by atoms with van der Waals surface area (Å²) in [5, 5.41) is 3.87. The molecule has 2 rings (SSSR count). The normalized spacial score (nSPS) is 10.8. The van der Waals surface area contributed by atoms with Crippen molar-refractivity contribution in [3.05, 3.63) is 43.9 Å². The van der Waals surface area contributed by atoms with E-state index in [4.69, 9.17) is 4.52 Å². The van der Waals surface area contributed by atoms with Gasteiger partial charge in [0.25, 0.3) is 5.56 Å². The minimum atomic E-state index is -0.0995. The van der Waals surface area contributed by atoms with Gasteiger partial charge in [-0.05, 0) is 36.7 Å². The van der Waals surface area contributed by atoms with Crippen molar-refractivity contribution in [1.29, 1.82) is 0 Å². The first-order valence-electron chi connectivity index (χ1n) is 5.14. The van der Waals surface area contributed by atoms with Gasteiger partial charge in [0, 0.05) is 11.8 Å². The van der Waals surface area contributed by atoms with E-state index < -0.39 is 0 Å². The number of aryl methyl sites for hydroxylation is 3. The van der Waals surface area contributed by atoms with Crippen LogP contribution in [0.25, 0.3) is 0 Å². The Labute approximate surface area is 107 Å². The molecule has 2 aromatic rings. The summed E-state index contributed by atoms with van der Waals surface area (Å²) in [6, 6.07) is 0. The van der Waals surface area contributed by atoms with Gasteiger partial charge in [0.2, 0.25) is 0 Å². The van der Waals surface area contributed by atoms with Crippen LogP contribution in [-0.4, -0.2) is 14.7 Å². The topological polar surface area (TPSA) is 60.9 Å². The second kappa shape index (κ2) is 4.44. The molecule has 6 heteroatoms. The minimum absolute atomic E-state index is 0.0995. The van der Waals surface area contributed by atoms with Crippen molar-refractivity contribution in [2.24, 2.45) is 0 Å². The molecule has 5 nitrogen and oxygen atoms in total. The Morgan fingerprint density at radius 3 is 2.71 bits per heavy atom. The molecule has 0 fully saturated rings. The third-order valence-corrected chi connectivity index (χ3v) is 3.25. The number of nitrogens with zero attached hydrogens (tertiary/aromatic N) is 3. The van der Waals surface area contributed by atoms with Gasteiger partial charge >= 0.3 is 0 Å². The van der Waals surface area contributed by atoms with Crippen LogP contribution in [0.15, 0.2) is 20.0 Å². The van der Waals surface area contributed by atoms with E-state index in [-0.39, 0.29) is 5.56 Å². The van der Waals surface area contributed by atoms with E-state index in [1.165, 1.54) is 6.20 Å². The lowest BCUT2D eigenvalue weighted by Gasteiger charge is -2.08. The van der Waals surface area contributed by atoms with Crippen molar-refractivity contribution in [1.82, 2.24) is 14.7 Å². The van der Waals surface area contributed by atoms with Crippen LogP contribution in [0, 0.1) is 20.8 Å². The van der Waals surface area contributed by atoms with E-state index in [0.29, 0.717) is 16.8 Å². The van der Waals surface area contributed by atoms with Gasteiger partial charge in [0.1, 0.15) is 16.1 Å². The lowest BCUT2D eigenvalue weighted by molar-refractivity contribution is 0.392. The molecule has 0 aliphatic carbocycles. The zero-order valence-electron chi connectivity index (χ0n) is 9.82. The van der Waals surface area contributed by atoms with Crippen LogP contribution in [-0.2, 0) is 6.54 Å². The van der Waals surface area contributed by atoms with Crippen molar-refractivity contribution in [3.63, 3.8) is 0 Å². The number of aromatic nitrogens is 3. The maximum Gasteiger partial charge on any atom is 0.268 e. The first-order valence-corrected chi connectivity index (χ1v) is 5.93. The molecule has 0 radical (unpaired) electrons. The minimum Gasteiger partial charge on any atom is -0.361 e. The molecule has 0 aliphatic rings. The highest BCUT2D eigenvalue weighted by atomic mass is 79.9. The van der Waals surface area contributed by atoms with Crippen LogP contribution in [0.5, 0.6) is 0 Å². The molecule has 0 aromatic carbocycles. The predicted octanol–water partition coefficient (Wildman–Crippen LogP) is 1.97. The molecule has 17 heavy (non-hydrogen) atoms. The van der Waals surface area contributed by atoms with Crippen LogP contribution < -0.4 is 5.56 Å². The van der Waals surface area contributed by atoms with Crippen LogP contribution in [0.1, 0.15) is 22.8 Å². The van der Waals surface area contributed by atoms with E-state index in [2.05, 4.69) is 26.1 Å². The third kappa shape index (κ3) is 2.17. The molecule has 0 saturated heterocycles. The van der Waals surface area contributed by atoms with Crippen molar-refractivity contribution >= 4 is 15.9 Å². The summed E-state index contributed by atoms with van der Waals surface area (Å²) in [7, 11) is 0. The smallest absolute Gasteiger partial charge is 0.268 e. The summed E-state index contributed by atoms with van der Waals surface area (Å²) in [5.41, 5.74) is 1.63. The van der Waals surface area contributed by atoms with E-state index in [1.54, 1.807) is 11.5 Å². The third-order valence-electron chi connectivity index (χ3n) is 2.70. The average molecular weight is 298 g/mol. The molecule has 0 N–H and O–H groups in total. The zero-order chi connectivity index (χ0) is 12.6. The maximum absolute atomic E-state index is 12.0. The van der Waals surface area contributed by atoms with Crippen LogP contribution in [0.3, 0.4) is 0 Å². The Morgan fingerprint density at radius 1 is 1.41 bits per heavy atom. The highest BCUT2D eigenvalue weighted by molar-refractivity contribution is 9.10. The highest BCUT2D eigenvalue weighted by Gasteiger charge is 2.13. The number of halogens is 1. The second-order valence-electron chi connectivity index (χ2n) is 3.85. The van der Waals surface area contributed by atoms with Crippen LogP contribution in [0.2, 0.25) is 0 Å². The molecular formula is C11H12BrN3O2. The summed E-state index contributed by atoms with van der Waals surface area (Å²) in [5.74, 6) is 1.40. The van der Waals surface area contributed by atoms with Gasteiger partial charge in [0.05, 0.1) is 12.2 Å². The standard InChI is InChI=1S/C11H12BrN3O2/c1-6-9(7(2)17-14-6)5-15-8(3)13-4-10(12)11(15)16/h4H,5H2,1-3H3. The van der Waals surface area contributed by atoms with Gasteiger partial charge in [-0.3, -0.25) is 9.36 Å². The first-order chi connectivity index (χ1) is 8.00. The fourth-order valence-corrected chi connectivity index (χ4v) is 1.94. The van der Waals surface area contributed by atoms with E-state index in [9.17, 15) is 4.79 Å². The summed E-state index contributed by atoms with van der Waals surface area (Å²) in [6.45, 7) is 5.92. The lowest BCUT2D eigenvalue weighted by atomic mass is 10.2. The Kier molecular flexibility index (Phi) is 3.15. The van der Waals surface area contributed by atoms with Gasteiger partial charge < -0.3 is 4.52 Å². The molecular weight excluding hydrogens is 286 g/mol. The van der Waals surface area contributed by atoms with Gasteiger partial charge in [0.15, 0.2) is 0 Å². The molecule has 0 bridgehead atoms.